The van der Waals surface area contributed by atoms with E-state index in [0.717, 1.165) is 50.1 Å². The van der Waals surface area contributed by atoms with Crippen molar-refractivity contribution in [3.05, 3.63) is 247 Å². The first-order valence-electron chi connectivity index (χ1n) is 21.1. The molecule has 0 bridgehead atoms. The molecule has 284 valence electrons. The molecule has 10 aromatic carbocycles. The van der Waals surface area contributed by atoms with Gasteiger partial charge in [-0.3, -0.25) is 0 Å². The van der Waals surface area contributed by atoms with Gasteiger partial charge in [-0.1, -0.05) is 194 Å². The molecule has 0 atom stereocenters. The summed E-state index contributed by atoms with van der Waals surface area (Å²) in [7, 11) is 0. The molecular weight excluding hydrogens is 739 g/mol. The van der Waals surface area contributed by atoms with Gasteiger partial charge < -0.3 is 9.32 Å². The van der Waals surface area contributed by atoms with Gasteiger partial charge >= 0.3 is 0 Å². The number of hydrogen-bond donors (Lipinski definition) is 0. The van der Waals surface area contributed by atoms with Crippen LogP contribution in [-0.2, 0) is 5.41 Å². The number of fused-ring (bicyclic) bond motifs is 14. The number of anilines is 3. The summed E-state index contributed by atoms with van der Waals surface area (Å²) in [6, 6.07) is 82.1. The standard InChI is InChI=1S/C59H37NO/c1-2-18-41-38(16-1)17-13-32-54(41)60(55-31-11-6-21-45(55)47-25-14-26-48-46-22-7-12-33-56(46)61-58(47)48)40-36-34-39(35-37-40)42-24-15-30-53-57(42)49-23-5-10-29-52(49)59(53)50-27-8-3-19-43(50)44-20-4-9-28-51(44)59/h1-37H. The second kappa shape index (κ2) is 13.0. The fourth-order valence-electron chi connectivity index (χ4n) is 10.8. The van der Waals surface area contributed by atoms with Gasteiger partial charge in [0.2, 0.25) is 0 Å². The second-order valence-electron chi connectivity index (χ2n) is 16.3. The minimum absolute atomic E-state index is 0.382. The molecule has 0 amide bonds. The Morgan fingerprint density at radius 3 is 1.62 bits per heavy atom. The summed E-state index contributed by atoms with van der Waals surface area (Å²) < 4.78 is 6.64. The second-order valence-corrected chi connectivity index (χ2v) is 16.3. The van der Waals surface area contributed by atoms with Gasteiger partial charge in [0.15, 0.2) is 0 Å². The molecule has 2 aliphatic rings. The molecule has 0 unspecified atom stereocenters. The van der Waals surface area contributed by atoms with Crippen LogP contribution in [0.5, 0.6) is 0 Å². The zero-order valence-corrected chi connectivity index (χ0v) is 33.2. The molecule has 11 aromatic rings. The number of benzene rings is 10. The number of para-hydroxylation sites is 3. The molecular formula is C59H37NO. The van der Waals surface area contributed by atoms with Gasteiger partial charge in [0.1, 0.15) is 11.2 Å². The molecule has 1 heterocycles. The van der Waals surface area contributed by atoms with Gasteiger partial charge in [-0.25, -0.2) is 0 Å². The predicted molar refractivity (Wildman–Crippen MR) is 253 cm³/mol. The van der Waals surface area contributed by atoms with Crippen molar-refractivity contribution in [1.29, 1.82) is 0 Å². The Labute approximate surface area is 354 Å². The summed E-state index contributed by atoms with van der Waals surface area (Å²) in [5, 5.41) is 4.62. The Morgan fingerprint density at radius 1 is 0.328 bits per heavy atom. The highest BCUT2D eigenvalue weighted by Crippen LogP contribution is 2.64. The monoisotopic (exact) mass is 775 g/mol. The van der Waals surface area contributed by atoms with Crippen molar-refractivity contribution in [1.82, 2.24) is 0 Å². The van der Waals surface area contributed by atoms with Crippen molar-refractivity contribution in [3.8, 4) is 44.5 Å². The Balaban J connectivity index is 1.01. The van der Waals surface area contributed by atoms with E-state index in [-0.39, 0.29) is 5.41 Å². The molecule has 13 rings (SSSR count). The Bertz CT molecular complexity index is 3500. The predicted octanol–water partition coefficient (Wildman–Crippen LogP) is 15.9. The van der Waals surface area contributed by atoms with Crippen LogP contribution < -0.4 is 4.90 Å². The molecule has 0 radical (unpaired) electrons. The average molecular weight is 776 g/mol. The number of nitrogens with zero attached hydrogens (tertiary/aromatic N) is 1. The maximum Gasteiger partial charge on any atom is 0.143 e. The van der Waals surface area contributed by atoms with Crippen molar-refractivity contribution < 1.29 is 4.42 Å². The molecule has 0 fully saturated rings. The third kappa shape index (κ3) is 4.73. The molecule has 0 saturated heterocycles. The summed E-state index contributed by atoms with van der Waals surface area (Å²) in [4.78, 5) is 2.43. The van der Waals surface area contributed by atoms with Gasteiger partial charge in [-0.05, 0) is 91.4 Å². The molecule has 0 N–H and O–H groups in total. The van der Waals surface area contributed by atoms with Crippen LogP contribution in [0.1, 0.15) is 22.3 Å². The smallest absolute Gasteiger partial charge is 0.143 e. The SMILES string of the molecule is c1ccc(N(c2ccc(-c3cccc4c3-c3ccccc3C43c4ccccc4-c4ccccc43)cc2)c2cccc3ccccc23)c(-c2cccc3c2oc2ccccc23)c1. The van der Waals surface area contributed by atoms with E-state index in [9.17, 15) is 0 Å². The summed E-state index contributed by atoms with van der Waals surface area (Å²) in [6.45, 7) is 0. The molecule has 0 saturated carbocycles. The Hall–Kier alpha value is -7.94. The third-order valence-electron chi connectivity index (χ3n) is 13.3. The van der Waals surface area contributed by atoms with Crippen LogP contribution in [-0.4, -0.2) is 0 Å². The van der Waals surface area contributed by atoms with Crippen LogP contribution in [0.25, 0.3) is 77.2 Å². The quantitative estimate of drug-likeness (QED) is 0.173. The molecule has 2 nitrogen and oxygen atoms in total. The maximum absolute atomic E-state index is 6.64. The lowest BCUT2D eigenvalue weighted by Gasteiger charge is -2.30. The van der Waals surface area contributed by atoms with E-state index >= 15 is 0 Å². The number of furan rings is 1. The molecule has 1 spiro atoms. The van der Waals surface area contributed by atoms with E-state index in [4.69, 9.17) is 4.42 Å². The van der Waals surface area contributed by atoms with Crippen molar-refractivity contribution in [2.75, 3.05) is 4.90 Å². The summed E-state index contributed by atoms with van der Waals surface area (Å²) >= 11 is 0. The van der Waals surface area contributed by atoms with Crippen molar-refractivity contribution in [3.63, 3.8) is 0 Å². The highest BCUT2D eigenvalue weighted by Gasteiger charge is 2.51. The van der Waals surface area contributed by atoms with E-state index < -0.39 is 0 Å². The normalized spacial score (nSPS) is 13.0. The number of rotatable bonds is 5. The summed E-state index contributed by atoms with van der Waals surface area (Å²) in [6.07, 6.45) is 0. The lowest BCUT2D eigenvalue weighted by molar-refractivity contribution is 0.670. The van der Waals surface area contributed by atoms with Crippen molar-refractivity contribution in [2.45, 2.75) is 5.41 Å². The summed E-state index contributed by atoms with van der Waals surface area (Å²) in [5.74, 6) is 0. The van der Waals surface area contributed by atoms with Crippen LogP contribution >= 0.6 is 0 Å². The topological polar surface area (TPSA) is 16.4 Å². The minimum Gasteiger partial charge on any atom is -0.455 e. The molecule has 0 aliphatic heterocycles. The molecule has 61 heavy (non-hydrogen) atoms. The lowest BCUT2D eigenvalue weighted by Crippen LogP contribution is -2.25. The zero-order chi connectivity index (χ0) is 40.1. The molecule has 1 aromatic heterocycles. The van der Waals surface area contributed by atoms with Crippen LogP contribution in [0.2, 0.25) is 0 Å². The lowest BCUT2D eigenvalue weighted by atomic mass is 9.70. The highest BCUT2D eigenvalue weighted by molar-refractivity contribution is 6.11. The van der Waals surface area contributed by atoms with Crippen molar-refractivity contribution in [2.24, 2.45) is 0 Å². The zero-order valence-electron chi connectivity index (χ0n) is 33.2. The fraction of sp³-hybridized carbons (Fsp3) is 0.0169. The Kier molecular flexibility index (Phi) is 7.26. The third-order valence-corrected chi connectivity index (χ3v) is 13.3. The summed E-state index contributed by atoms with van der Waals surface area (Å²) in [5.41, 5.74) is 19.9. The Morgan fingerprint density at radius 2 is 0.836 bits per heavy atom. The van der Waals surface area contributed by atoms with Crippen LogP contribution in [0.15, 0.2) is 229 Å². The first-order chi connectivity index (χ1) is 30.3. The van der Waals surface area contributed by atoms with E-state index in [1.165, 1.54) is 66.4 Å². The van der Waals surface area contributed by atoms with Gasteiger partial charge in [-0.2, -0.15) is 0 Å². The minimum atomic E-state index is -0.382. The van der Waals surface area contributed by atoms with Gasteiger partial charge in [-0.15, -0.1) is 0 Å². The van der Waals surface area contributed by atoms with Crippen LogP contribution in [0, 0.1) is 0 Å². The van der Waals surface area contributed by atoms with Gasteiger partial charge in [0.05, 0.1) is 16.8 Å². The first kappa shape index (κ1) is 34.0. The van der Waals surface area contributed by atoms with Crippen LogP contribution in [0.3, 0.4) is 0 Å². The largest absolute Gasteiger partial charge is 0.455 e. The number of hydrogen-bond acceptors (Lipinski definition) is 2. The maximum atomic E-state index is 6.64. The molecule has 2 aliphatic carbocycles. The van der Waals surface area contributed by atoms with Gasteiger partial charge in [0, 0.05) is 33.0 Å². The van der Waals surface area contributed by atoms with E-state index in [0.29, 0.717) is 0 Å². The van der Waals surface area contributed by atoms with E-state index in [2.05, 4.69) is 223 Å². The average Bonchev–Trinajstić information content (AvgIpc) is 3.97. The highest BCUT2D eigenvalue weighted by atomic mass is 16.3. The fourth-order valence-corrected chi connectivity index (χ4v) is 10.8. The van der Waals surface area contributed by atoms with Gasteiger partial charge in [0.25, 0.3) is 0 Å². The van der Waals surface area contributed by atoms with Crippen LogP contribution in [0.4, 0.5) is 17.1 Å². The molecule has 2 heteroatoms. The van der Waals surface area contributed by atoms with Crippen molar-refractivity contribution >= 4 is 49.8 Å². The first-order valence-corrected chi connectivity index (χ1v) is 21.1. The van der Waals surface area contributed by atoms with E-state index in [1.54, 1.807) is 0 Å². The van der Waals surface area contributed by atoms with E-state index in [1.807, 2.05) is 6.07 Å².